The topological polar surface area (TPSA) is 32.8 Å². The summed E-state index contributed by atoms with van der Waals surface area (Å²) in [6.45, 7) is 5.03. The smallest absolute Gasteiger partial charge is 0.234 e. The molecular formula is C27H34N2O2. The van der Waals surface area contributed by atoms with E-state index in [0.29, 0.717) is 6.04 Å². The molecule has 1 fully saturated rings. The van der Waals surface area contributed by atoms with Gasteiger partial charge in [0.25, 0.3) is 0 Å². The third-order valence-corrected chi connectivity index (χ3v) is 6.79. The van der Waals surface area contributed by atoms with Crippen molar-refractivity contribution in [2.75, 3.05) is 18.6 Å². The van der Waals surface area contributed by atoms with Crippen molar-refractivity contribution in [3.63, 3.8) is 0 Å². The van der Waals surface area contributed by atoms with Crippen LogP contribution in [0.25, 0.3) is 0 Å². The molecule has 4 nitrogen and oxygen atoms in total. The molecule has 0 bridgehead atoms. The summed E-state index contributed by atoms with van der Waals surface area (Å²) in [4.78, 5) is 17.8. The molecule has 1 aliphatic heterocycles. The van der Waals surface area contributed by atoms with Crippen molar-refractivity contribution in [1.82, 2.24) is 4.90 Å². The van der Waals surface area contributed by atoms with Gasteiger partial charge >= 0.3 is 0 Å². The lowest BCUT2D eigenvalue weighted by Crippen LogP contribution is -2.42. The Labute approximate surface area is 186 Å². The number of amides is 1. The number of anilines is 1. The quantitative estimate of drug-likeness (QED) is 0.569. The van der Waals surface area contributed by atoms with Crippen LogP contribution < -0.4 is 4.90 Å². The lowest BCUT2D eigenvalue weighted by Gasteiger charge is -2.37. The number of benzene rings is 2. The molecule has 4 heteroatoms. The van der Waals surface area contributed by atoms with Crippen molar-refractivity contribution in [2.45, 2.75) is 64.1 Å². The average molecular weight is 419 g/mol. The monoisotopic (exact) mass is 418 g/mol. The van der Waals surface area contributed by atoms with Crippen molar-refractivity contribution >= 4 is 11.6 Å². The Kier molecular flexibility index (Phi) is 6.77. The fourth-order valence-electron chi connectivity index (χ4n) is 5.09. The van der Waals surface area contributed by atoms with Gasteiger partial charge < -0.3 is 14.5 Å². The number of para-hydroxylation sites is 1. The van der Waals surface area contributed by atoms with Crippen molar-refractivity contribution in [3.8, 4) is 0 Å². The first-order chi connectivity index (χ1) is 15.2. The Morgan fingerprint density at radius 2 is 1.81 bits per heavy atom. The summed E-state index contributed by atoms with van der Waals surface area (Å²) in [6, 6.07) is 17.2. The molecule has 1 heterocycles. The molecule has 0 aromatic heterocycles. The summed E-state index contributed by atoms with van der Waals surface area (Å²) in [5.74, 6) is -0.0213. The Balaban J connectivity index is 1.65. The van der Waals surface area contributed by atoms with Crippen LogP contribution >= 0.6 is 0 Å². The Bertz CT molecular complexity index is 915. The Morgan fingerprint density at radius 3 is 2.45 bits per heavy atom. The van der Waals surface area contributed by atoms with Gasteiger partial charge in [-0.2, -0.15) is 0 Å². The number of hydrogen-bond donors (Lipinski definition) is 0. The fraction of sp³-hybridized carbons (Fsp3) is 0.444. The van der Waals surface area contributed by atoms with Gasteiger partial charge in [0.2, 0.25) is 5.91 Å². The summed E-state index contributed by atoms with van der Waals surface area (Å²) < 4.78 is 5.93. The number of aryl methyl sites for hydroxylation is 1. The maximum Gasteiger partial charge on any atom is 0.234 e. The molecule has 164 valence electrons. The molecule has 1 aliphatic carbocycles. The van der Waals surface area contributed by atoms with Crippen LogP contribution in [0.2, 0.25) is 0 Å². The van der Waals surface area contributed by atoms with Gasteiger partial charge in [0.05, 0.1) is 5.92 Å². The number of rotatable bonds is 7. The van der Waals surface area contributed by atoms with Crippen LogP contribution in [0.15, 0.2) is 60.8 Å². The molecular weight excluding hydrogens is 384 g/mol. The molecule has 2 atom stereocenters. The second-order valence-electron chi connectivity index (χ2n) is 8.53. The third-order valence-electron chi connectivity index (χ3n) is 6.79. The van der Waals surface area contributed by atoms with Crippen LogP contribution in [0.4, 0.5) is 5.69 Å². The maximum absolute atomic E-state index is 13.6. The van der Waals surface area contributed by atoms with Gasteiger partial charge in [0.1, 0.15) is 0 Å². The van der Waals surface area contributed by atoms with E-state index in [0.717, 1.165) is 42.6 Å². The second-order valence-corrected chi connectivity index (χ2v) is 8.53. The van der Waals surface area contributed by atoms with Crippen LogP contribution in [0.1, 0.15) is 68.4 Å². The SMILES string of the molecule is CCc1ccc(C(OC)N2C=C[C@H](C(=O)N(CC)C3CCCC3)c3ccccc32)cc1. The Hall–Kier alpha value is -2.59. The molecule has 1 amide bonds. The average Bonchev–Trinajstić information content (AvgIpc) is 3.35. The first-order valence-electron chi connectivity index (χ1n) is 11.7. The van der Waals surface area contributed by atoms with E-state index in [1.54, 1.807) is 7.11 Å². The predicted molar refractivity (Wildman–Crippen MR) is 126 cm³/mol. The van der Waals surface area contributed by atoms with E-state index in [2.05, 4.69) is 66.1 Å². The normalized spacial score (nSPS) is 19.3. The number of carbonyl (C=O) groups is 1. The number of fused-ring (bicyclic) bond motifs is 1. The molecule has 4 rings (SSSR count). The minimum absolute atomic E-state index is 0.221. The molecule has 0 radical (unpaired) electrons. The zero-order valence-electron chi connectivity index (χ0n) is 19.0. The molecule has 0 spiro atoms. The number of likely N-dealkylation sites (N-methyl/N-ethyl adjacent to an activating group) is 1. The van der Waals surface area contributed by atoms with Gasteiger partial charge in [-0.05, 0) is 43.4 Å². The van der Waals surface area contributed by atoms with Crippen molar-refractivity contribution in [3.05, 3.63) is 77.5 Å². The number of ether oxygens (including phenoxy) is 1. The van der Waals surface area contributed by atoms with Gasteiger partial charge in [0.15, 0.2) is 6.23 Å². The highest BCUT2D eigenvalue weighted by atomic mass is 16.5. The van der Waals surface area contributed by atoms with Crippen LogP contribution in [0.3, 0.4) is 0 Å². The first kappa shape index (κ1) is 21.6. The number of nitrogens with zero attached hydrogens (tertiary/aromatic N) is 2. The van der Waals surface area contributed by atoms with Crippen molar-refractivity contribution in [2.24, 2.45) is 0 Å². The lowest BCUT2D eigenvalue weighted by molar-refractivity contribution is -0.133. The lowest BCUT2D eigenvalue weighted by atomic mass is 9.91. The van der Waals surface area contributed by atoms with E-state index in [-0.39, 0.29) is 18.1 Å². The zero-order chi connectivity index (χ0) is 21.8. The highest BCUT2D eigenvalue weighted by Gasteiger charge is 2.34. The molecule has 0 N–H and O–H groups in total. The standard InChI is InChI=1S/C27H34N2O2/c1-4-20-14-16-21(17-15-20)27(31-3)29-19-18-24(23-12-8-9-13-25(23)29)26(30)28(5-2)22-10-6-7-11-22/h8-9,12-19,22,24,27H,4-7,10-11H2,1-3H3/t24-,27?/m0/s1. The number of methoxy groups -OCH3 is 1. The Morgan fingerprint density at radius 1 is 1.10 bits per heavy atom. The molecule has 1 unspecified atom stereocenters. The first-order valence-corrected chi connectivity index (χ1v) is 11.7. The van der Waals surface area contributed by atoms with E-state index in [4.69, 9.17) is 4.74 Å². The number of hydrogen-bond acceptors (Lipinski definition) is 3. The summed E-state index contributed by atoms with van der Waals surface area (Å²) in [6.07, 6.45) is 9.58. The maximum atomic E-state index is 13.6. The molecule has 0 saturated heterocycles. The van der Waals surface area contributed by atoms with E-state index in [1.165, 1.54) is 18.4 Å². The van der Waals surface area contributed by atoms with Gasteiger partial charge in [0, 0.05) is 37.1 Å². The highest BCUT2D eigenvalue weighted by Crippen LogP contribution is 2.40. The van der Waals surface area contributed by atoms with E-state index in [9.17, 15) is 4.79 Å². The summed E-state index contributed by atoms with van der Waals surface area (Å²) in [5, 5.41) is 0. The van der Waals surface area contributed by atoms with Crippen LogP contribution in [0, 0.1) is 0 Å². The van der Waals surface area contributed by atoms with Gasteiger partial charge in [-0.3, -0.25) is 4.79 Å². The van der Waals surface area contributed by atoms with E-state index >= 15 is 0 Å². The minimum atomic E-state index is -0.243. The van der Waals surface area contributed by atoms with Crippen LogP contribution in [0.5, 0.6) is 0 Å². The van der Waals surface area contributed by atoms with Crippen molar-refractivity contribution < 1.29 is 9.53 Å². The molecule has 2 aromatic carbocycles. The fourth-order valence-corrected chi connectivity index (χ4v) is 5.09. The largest absolute Gasteiger partial charge is 0.357 e. The van der Waals surface area contributed by atoms with Gasteiger partial charge in [-0.25, -0.2) is 0 Å². The summed E-state index contributed by atoms with van der Waals surface area (Å²) in [7, 11) is 1.74. The van der Waals surface area contributed by atoms with Crippen molar-refractivity contribution in [1.29, 1.82) is 0 Å². The van der Waals surface area contributed by atoms with Crippen LogP contribution in [-0.2, 0) is 16.0 Å². The van der Waals surface area contributed by atoms with Gasteiger partial charge in [-0.1, -0.05) is 68.3 Å². The second kappa shape index (κ2) is 9.69. The third kappa shape index (κ3) is 4.27. The summed E-state index contributed by atoms with van der Waals surface area (Å²) in [5.41, 5.74) is 4.51. The molecule has 2 aliphatic rings. The predicted octanol–water partition coefficient (Wildman–Crippen LogP) is 5.80. The van der Waals surface area contributed by atoms with Gasteiger partial charge in [-0.15, -0.1) is 0 Å². The minimum Gasteiger partial charge on any atom is -0.357 e. The van der Waals surface area contributed by atoms with E-state index in [1.807, 2.05) is 18.3 Å². The molecule has 2 aromatic rings. The van der Waals surface area contributed by atoms with E-state index < -0.39 is 0 Å². The number of carbonyl (C=O) groups excluding carboxylic acids is 1. The highest BCUT2D eigenvalue weighted by molar-refractivity contribution is 5.89. The summed E-state index contributed by atoms with van der Waals surface area (Å²) >= 11 is 0. The zero-order valence-corrected chi connectivity index (χ0v) is 19.0. The molecule has 1 saturated carbocycles. The van der Waals surface area contributed by atoms with Crippen LogP contribution in [-0.4, -0.2) is 30.5 Å². The molecule has 31 heavy (non-hydrogen) atoms.